The SMILES string of the molecule is COc1cc2c(cc1OC)CN(CCOc1ccc(Cl)cc1)CC2.Cl. The molecule has 3 rings (SSSR count). The first kappa shape index (κ1) is 19.7. The van der Waals surface area contributed by atoms with Gasteiger partial charge in [0.2, 0.25) is 0 Å². The lowest BCUT2D eigenvalue weighted by atomic mass is 9.99. The summed E-state index contributed by atoms with van der Waals surface area (Å²) in [6, 6.07) is 11.6. The van der Waals surface area contributed by atoms with Crippen molar-refractivity contribution in [3.8, 4) is 17.2 Å². The summed E-state index contributed by atoms with van der Waals surface area (Å²) in [4.78, 5) is 2.39. The maximum Gasteiger partial charge on any atom is 0.161 e. The molecule has 0 fully saturated rings. The van der Waals surface area contributed by atoms with Crippen LogP contribution in [0, 0.1) is 0 Å². The number of ether oxygens (including phenoxy) is 3. The Balaban J connectivity index is 0.00000225. The number of hydrogen-bond donors (Lipinski definition) is 0. The van der Waals surface area contributed by atoms with E-state index in [9.17, 15) is 0 Å². The molecule has 25 heavy (non-hydrogen) atoms. The van der Waals surface area contributed by atoms with Gasteiger partial charge in [-0.2, -0.15) is 0 Å². The smallest absolute Gasteiger partial charge is 0.161 e. The van der Waals surface area contributed by atoms with E-state index in [0.717, 1.165) is 48.3 Å². The van der Waals surface area contributed by atoms with Crippen LogP contribution in [0.15, 0.2) is 36.4 Å². The van der Waals surface area contributed by atoms with Crippen molar-refractivity contribution in [2.75, 3.05) is 33.9 Å². The highest BCUT2D eigenvalue weighted by molar-refractivity contribution is 6.30. The maximum atomic E-state index is 5.88. The van der Waals surface area contributed by atoms with E-state index in [1.54, 1.807) is 14.2 Å². The molecule has 2 aromatic carbocycles. The lowest BCUT2D eigenvalue weighted by Crippen LogP contribution is -2.33. The van der Waals surface area contributed by atoms with Gasteiger partial charge in [0.15, 0.2) is 11.5 Å². The van der Waals surface area contributed by atoms with Crippen LogP contribution in [-0.4, -0.2) is 38.8 Å². The summed E-state index contributed by atoms with van der Waals surface area (Å²) in [6.07, 6.45) is 1.01. The molecular weight excluding hydrogens is 361 g/mol. The molecule has 1 aliphatic rings. The number of halogens is 2. The molecule has 0 radical (unpaired) electrons. The number of fused-ring (bicyclic) bond motifs is 1. The summed E-state index contributed by atoms with van der Waals surface area (Å²) >= 11 is 5.88. The predicted octanol–water partition coefficient (Wildman–Crippen LogP) is 4.22. The average molecular weight is 384 g/mol. The molecule has 0 saturated heterocycles. The molecule has 1 heterocycles. The molecule has 0 saturated carbocycles. The predicted molar refractivity (Wildman–Crippen MR) is 103 cm³/mol. The molecule has 0 bridgehead atoms. The third kappa shape index (κ3) is 4.94. The minimum Gasteiger partial charge on any atom is -0.493 e. The van der Waals surface area contributed by atoms with Crippen molar-refractivity contribution in [1.82, 2.24) is 4.90 Å². The van der Waals surface area contributed by atoms with Crippen LogP contribution in [0.3, 0.4) is 0 Å². The van der Waals surface area contributed by atoms with Gasteiger partial charge in [-0.25, -0.2) is 0 Å². The van der Waals surface area contributed by atoms with Crippen molar-refractivity contribution < 1.29 is 14.2 Å². The standard InChI is InChI=1S/C19H22ClNO3.ClH/c1-22-18-11-14-7-8-21(13-15(14)12-19(18)23-2)9-10-24-17-5-3-16(20)4-6-17;/h3-6,11-12H,7-10,13H2,1-2H3;1H. The summed E-state index contributed by atoms with van der Waals surface area (Å²) in [5, 5.41) is 0.722. The molecule has 6 heteroatoms. The second-order valence-electron chi connectivity index (χ2n) is 5.80. The van der Waals surface area contributed by atoms with Crippen molar-refractivity contribution in [2.45, 2.75) is 13.0 Å². The Kier molecular flexibility index (Phi) is 7.24. The molecule has 0 N–H and O–H groups in total. The Morgan fingerprint density at radius 3 is 2.28 bits per heavy atom. The maximum absolute atomic E-state index is 5.88. The monoisotopic (exact) mass is 383 g/mol. The first-order valence-electron chi connectivity index (χ1n) is 8.04. The first-order valence-corrected chi connectivity index (χ1v) is 8.42. The van der Waals surface area contributed by atoms with Crippen LogP contribution in [0.25, 0.3) is 0 Å². The van der Waals surface area contributed by atoms with Crippen molar-refractivity contribution in [1.29, 1.82) is 0 Å². The fourth-order valence-electron chi connectivity index (χ4n) is 2.96. The molecule has 0 amide bonds. The van der Waals surface area contributed by atoms with Gasteiger partial charge >= 0.3 is 0 Å². The molecule has 136 valence electrons. The fraction of sp³-hybridized carbons (Fsp3) is 0.368. The molecule has 0 atom stereocenters. The molecule has 4 nitrogen and oxygen atoms in total. The van der Waals surface area contributed by atoms with Crippen LogP contribution in [0.5, 0.6) is 17.2 Å². The average Bonchev–Trinajstić information content (AvgIpc) is 2.62. The summed E-state index contributed by atoms with van der Waals surface area (Å²) in [6.45, 7) is 3.47. The van der Waals surface area contributed by atoms with Gasteiger partial charge in [0.1, 0.15) is 12.4 Å². The van der Waals surface area contributed by atoms with Gasteiger partial charge in [-0.3, -0.25) is 4.90 Å². The topological polar surface area (TPSA) is 30.9 Å². The van der Waals surface area contributed by atoms with E-state index < -0.39 is 0 Å². The van der Waals surface area contributed by atoms with Crippen LogP contribution in [0.2, 0.25) is 5.02 Å². The minimum absolute atomic E-state index is 0. The second-order valence-corrected chi connectivity index (χ2v) is 6.24. The van der Waals surface area contributed by atoms with Crippen LogP contribution >= 0.6 is 24.0 Å². The van der Waals surface area contributed by atoms with E-state index in [1.807, 2.05) is 24.3 Å². The second kappa shape index (κ2) is 9.18. The third-order valence-corrected chi connectivity index (χ3v) is 4.54. The molecule has 0 aliphatic carbocycles. The van der Waals surface area contributed by atoms with Gasteiger partial charge in [-0.15, -0.1) is 12.4 Å². The highest BCUT2D eigenvalue weighted by Gasteiger charge is 2.19. The van der Waals surface area contributed by atoms with Crippen molar-refractivity contribution >= 4 is 24.0 Å². The summed E-state index contributed by atoms with van der Waals surface area (Å²) in [5.74, 6) is 2.44. The largest absolute Gasteiger partial charge is 0.493 e. The highest BCUT2D eigenvalue weighted by atomic mass is 35.5. The molecule has 0 spiro atoms. The third-order valence-electron chi connectivity index (χ3n) is 4.29. The normalized spacial score (nSPS) is 13.6. The zero-order valence-electron chi connectivity index (χ0n) is 14.5. The van der Waals surface area contributed by atoms with Crippen molar-refractivity contribution in [2.24, 2.45) is 0 Å². The van der Waals surface area contributed by atoms with Gasteiger partial charge < -0.3 is 14.2 Å². The summed E-state index contributed by atoms with van der Waals surface area (Å²) in [7, 11) is 3.35. The fourth-order valence-corrected chi connectivity index (χ4v) is 3.08. The molecule has 0 aromatic heterocycles. The van der Waals surface area contributed by atoms with Gasteiger partial charge in [-0.1, -0.05) is 11.6 Å². The Morgan fingerprint density at radius 2 is 1.64 bits per heavy atom. The summed E-state index contributed by atoms with van der Waals surface area (Å²) < 4.78 is 16.6. The quantitative estimate of drug-likeness (QED) is 0.747. The lowest BCUT2D eigenvalue weighted by molar-refractivity contribution is 0.196. The number of methoxy groups -OCH3 is 2. The van der Waals surface area contributed by atoms with Crippen molar-refractivity contribution in [3.05, 3.63) is 52.5 Å². The van der Waals surface area contributed by atoms with Gasteiger partial charge in [0.05, 0.1) is 14.2 Å². The van der Waals surface area contributed by atoms with E-state index in [2.05, 4.69) is 17.0 Å². The Bertz CT molecular complexity index is 692. The van der Waals surface area contributed by atoms with E-state index >= 15 is 0 Å². The van der Waals surface area contributed by atoms with Crippen LogP contribution in [0.4, 0.5) is 0 Å². The number of benzene rings is 2. The molecule has 2 aromatic rings. The molecular formula is C19H23Cl2NO3. The number of rotatable bonds is 6. The molecule has 0 unspecified atom stereocenters. The summed E-state index contributed by atoms with van der Waals surface area (Å²) in [5.41, 5.74) is 2.63. The zero-order chi connectivity index (χ0) is 16.9. The van der Waals surface area contributed by atoms with Crippen LogP contribution in [0.1, 0.15) is 11.1 Å². The van der Waals surface area contributed by atoms with Crippen LogP contribution < -0.4 is 14.2 Å². The Morgan fingerprint density at radius 1 is 1.00 bits per heavy atom. The Hall–Kier alpha value is -1.62. The number of hydrogen-bond acceptors (Lipinski definition) is 4. The van der Waals surface area contributed by atoms with Crippen molar-refractivity contribution in [3.63, 3.8) is 0 Å². The number of nitrogens with zero attached hydrogens (tertiary/aromatic N) is 1. The minimum atomic E-state index is 0. The van der Waals surface area contributed by atoms with E-state index in [-0.39, 0.29) is 12.4 Å². The van der Waals surface area contributed by atoms with E-state index in [0.29, 0.717) is 6.61 Å². The van der Waals surface area contributed by atoms with Gasteiger partial charge in [0, 0.05) is 24.7 Å². The van der Waals surface area contributed by atoms with E-state index in [4.69, 9.17) is 25.8 Å². The van der Waals surface area contributed by atoms with Gasteiger partial charge in [0.25, 0.3) is 0 Å². The molecule has 1 aliphatic heterocycles. The van der Waals surface area contributed by atoms with E-state index in [1.165, 1.54) is 11.1 Å². The Labute approximate surface area is 160 Å². The lowest BCUT2D eigenvalue weighted by Gasteiger charge is -2.29. The van der Waals surface area contributed by atoms with Crippen LogP contribution in [-0.2, 0) is 13.0 Å². The first-order chi connectivity index (χ1) is 11.7. The van der Waals surface area contributed by atoms with Gasteiger partial charge in [-0.05, 0) is 53.9 Å². The zero-order valence-corrected chi connectivity index (χ0v) is 16.0. The highest BCUT2D eigenvalue weighted by Crippen LogP contribution is 2.33.